The smallest absolute Gasteiger partial charge is 0.322 e. The fourth-order valence-corrected chi connectivity index (χ4v) is 1.13. The minimum Gasteiger partial charge on any atom is -0.468 e. The molecule has 0 aliphatic carbocycles. The highest BCUT2D eigenvalue weighted by atomic mass is 16.5. The highest BCUT2D eigenvalue weighted by molar-refractivity contribution is 5.75. The van der Waals surface area contributed by atoms with Gasteiger partial charge in [-0.2, -0.15) is 0 Å². The van der Waals surface area contributed by atoms with Crippen LogP contribution in [0.4, 0.5) is 0 Å². The van der Waals surface area contributed by atoms with E-state index in [2.05, 4.69) is 33.0 Å². The van der Waals surface area contributed by atoms with E-state index in [9.17, 15) is 4.79 Å². The Labute approximate surface area is 93.6 Å². The van der Waals surface area contributed by atoms with Gasteiger partial charge in [0.2, 0.25) is 0 Å². The molecule has 0 saturated carbocycles. The molecule has 0 aliphatic rings. The number of hydrogen-bond donors (Lipinski definition) is 1. The Morgan fingerprint density at radius 1 is 1.40 bits per heavy atom. The number of carbonyl (C=O) groups is 1. The molecule has 0 aromatic carbocycles. The molecule has 1 unspecified atom stereocenters. The molecule has 0 amide bonds. The maximum Gasteiger partial charge on any atom is 0.322 e. The first-order valence-electron chi connectivity index (χ1n) is 5.66. The summed E-state index contributed by atoms with van der Waals surface area (Å²) >= 11 is 0. The molecule has 3 nitrogen and oxygen atoms in total. The predicted octanol–water partition coefficient (Wildman–Crippen LogP) is 2.21. The second-order valence-corrected chi connectivity index (χ2v) is 5.01. The second-order valence-electron chi connectivity index (χ2n) is 5.01. The largest absolute Gasteiger partial charge is 0.468 e. The van der Waals surface area contributed by atoms with Gasteiger partial charge in [0.05, 0.1) is 7.11 Å². The van der Waals surface area contributed by atoms with Crippen LogP contribution in [0.2, 0.25) is 0 Å². The van der Waals surface area contributed by atoms with Crippen LogP contribution in [0.25, 0.3) is 0 Å². The molecule has 15 heavy (non-hydrogen) atoms. The standard InChI is InChI=1S/C12H25NO2/c1-7-10(11(14)15-6)13-8-12(4,5)9(2)3/h9-10,13H,7-8H2,1-6H3. The fourth-order valence-electron chi connectivity index (χ4n) is 1.13. The number of ether oxygens (including phenoxy) is 1. The molecular formula is C12H25NO2. The first-order chi connectivity index (χ1) is 6.85. The molecule has 0 aromatic rings. The second kappa shape index (κ2) is 6.11. The zero-order valence-electron chi connectivity index (χ0n) is 10.9. The summed E-state index contributed by atoms with van der Waals surface area (Å²) in [6.07, 6.45) is 0.765. The van der Waals surface area contributed by atoms with E-state index >= 15 is 0 Å². The number of hydrogen-bond acceptors (Lipinski definition) is 3. The van der Waals surface area contributed by atoms with Crippen molar-refractivity contribution in [1.29, 1.82) is 0 Å². The lowest BCUT2D eigenvalue weighted by atomic mass is 9.81. The molecule has 1 atom stereocenters. The topological polar surface area (TPSA) is 38.3 Å². The molecule has 0 spiro atoms. The third-order valence-electron chi connectivity index (χ3n) is 3.26. The van der Waals surface area contributed by atoms with Crippen molar-refractivity contribution in [3.05, 3.63) is 0 Å². The van der Waals surface area contributed by atoms with Crippen molar-refractivity contribution in [2.45, 2.75) is 47.1 Å². The van der Waals surface area contributed by atoms with Crippen LogP contribution >= 0.6 is 0 Å². The van der Waals surface area contributed by atoms with E-state index in [0.717, 1.165) is 13.0 Å². The van der Waals surface area contributed by atoms with Crippen LogP contribution in [0.5, 0.6) is 0 Å². The maximum atomic E-state index is 11.3. The van der Waals surface area contributed by atoms with E-state index in [1.807, 2.05) is 6.92 Å². The molecule has 1 N–H and O–H groups in total. The summed E-state index contributed by atoms with van der Waals surface area (Å²) in [5.74, 6) is 0.414. The molecule has 0 radical (unpaired) electrons. The van der Waals surface area contributed by atoms with Crippen molar-refractivity contribution >= 4 is 5.97 Å². The van der Waals surface area contributed by atoms with Crippen LogP contribution in [0, 0.1) is 11.3 Å². The number of carbonyl (C=O) groups excluding carboxylic acids is 1. The molecule has 0 heterocycles. The van der Waals surface area contributed by atoms with Gasteiger partial charge in [-0.15, -0.1) is 0 Å². The van der Waals surface area contributed by atoms with Crippen molar-refractivity contribution in [3.63, 3.8) is 0 Å². The Morgan fingerprint density at radius 3 is 2.27 bits per heavy atom. The Bertz CT molecular complexity index is 200. The van der Waals surface area contributed by atoms with Gasteiger partial charge in [0.25, 0.3) is 0 Å². The minimum absolute atomic E-state index is 0.169. The Balaban J connectivity index is 4.17. The molecule has 0 fully saturated rings. The van der Waals surface area contributed by atoms with Gasteiger partial charge in [0, 0.05) is 6.54 Å². The van der Waals surface area contributed by atoms with E-state index in [4.69, 9.17) is 4.74 Å². The summed E-state index contributed by atoms with van der Waals surface area (Å²) in [7, 11) is 1.43. The third kappa shape index (κ3) is 4.65. The monoisotopic (exact) mass is 215 g/mol. The molecule has 0 aromatic heterocycles. The molecule has 0 aliphatic heterocycles. The van der Waals surface area contributed by atoms with Crippen molar-refractivity contribution < 1.29 is 9.53 Å². The lowest BCUT2D eigenvalue weighted by Gasteiger charge is -2.31. The van der Waals surface area contributed by atoms with Gasteiger partial charge in [-0.1, -0.05) is 34.6 Å². The average Bonchev–Trinajstić information content (AvgIpc) is 2.17. The number of methoxy groups -OCH3 is 1. The SMILES string of the molecule is CCC(NCC(C)(C)C(C)C)C(=O)OC. The number of nitrogens with one attached hydrogen (secondary N) is 1. The van der Waals surface area contributed by atoms with Crippen molar-refractivity contribution in [2.75, 3.05) is 13.7 Å². The van der Waals surface area contributed by atoms with E-state index < -0.39 is 0 Å². The maximum absolute atomic E-state index is 11.3. The van der Waals surface area contributed by atoms with Gasteiger partial charge in [0.15, 0.2) is 0 Å². The number of rotatable bonds is 6. The minimum atomic E-state index is -0.173. The van der Waals surface area contributed by atoms with Crippen LogP contribution in [-0.2, 0) is 9.53 Å². The van der Waals surface area contributed by atoms with Gasteiger partial charge in [-0.25, -0.2) is 0 Å². The quantitative estimate of drug-likeness (QED) is 0.690. The summed E-state index contributed by atoms with van der Waals surface area (Å²) in [6.45, 7) is 11.6. The molecular weight excluding hydrogens is 190 g/mol. The zero-order chi connectivity index (χ0) is 12.1. The van der Waals surface area contributed by atoms with Crippen LogP contribution in [0.1, 0.15) is 41.0 Å². The summed E-state index contributed by atoms with van der Waals surface area (Å²) in [6, 6.07) is -0.173. The van der Waals surface area contributed by atoms with E-state index in [0.29, 0.717) is 5.92 Å². The summed E-state index contributed by atoms with van der Waals surface area (Å²) < 4.78 is 4.73. The molecule has 3 heteroatoms. The van der Waals surface area contributed by atoms with Crippen molar-refractivity contribution in [2.24, 2.45) is 11.3 Å². The van der Waals surface area contributed by atoms with Gasteiger partial charge < -0.3 is 10.1 Å². The highest BCUT2D eigenvalue weighted by Gasteiger charge is 2.25. The van der Waals surface area contributed by atoms with Crippen LogP contribution in [-0.4, -0.2) is 25.7 Å². The van der Waals surface area contributed by atoms with E-state index in [1.165, 1.54) is 7.11 Å². The Hall–Kier alpha value is -0.570. The lowest BCUT2D eigenvalue weighted by Crippen LogP contribution is -2.43. The molecule has 0 bridgehead atoms. The molecule has 90 valence electrons. The van der Waals surface area contributed by atoms with Crippen molar-refractivity contribution in [3.8, 4) is 0 Å². The van der Waals surface area contributed by atoms with Gasteiger partial charge >= 0.3 is 5.97 Å². The highest BCUT2D eigenvalue weighted by Crippen LogP contribution is 2.24. The van der Waals surface area contributed by atoms with Gasteiger partial charge in [0.1, 0.15) is 6.04 Å². The first kappa shape index (κ1) is 14.4. The summed E-state index contributed by atoms with van der Waals surface area (Å²) in [4.78, 5) is 11.3. The van der Waals surface area contributed by atoms with E-state index in [1.54, 1.807) is 0 Å². The number of esters is 1. The molecule has 0 rings (SSSR count). The first-order valence-corrected chi connectivity index (χ1v) is 5.66. The average molecular weight is 215 g/mol. The predicted molar refractivity (Wildman–Crippen MR) is 62.7 cm³/mol. The lowest BCUT2D eigenvalue weighted by molar-refractivity contribution is -0.143. The fraction of sp³-hybridized carbons (Fsp3) is 0.917. The Kier molecular flexibility index (Phi) is 5.88. The molecule has 0 saturated heterocycles. The summed E-state index contributed by atoms with van der Waals surface area (Å²) in [5.41, 5.74) is 0.196. The van der Waals surface area contributed by atoms with Crippen LogP contribution in [0.15, 0.2) is 0 Å². The van der Waals surface area contributed by atoms with E-state index in [-0.39, 0.29) is 17.4 Å². The normalized spacial score (nSPS) is 14.1. The van der Waals surface area contributed by atoms with Crippen LogP contribution in [0.3, 0.4) is 0 Å². The Morgan fingerprint density at radius 2 is 1.93 bits per heavy atom. The zero-order valence-corrected chi connectivity index (χ0v) is 10.9. The van der Waals surface area contributed by atoms with Crippen LogP contribution < -0.4 is 5.32 Å². The third-order valence-corrected chi connectivity index (χ3v) is 3.26. The van der Waals surface area contributed by atoms with Gasteiger partial charge in [-0.05, 0) is 17.8 Å². The van der Waals surface area contributed by atoms with Crippen molar-refractivity contribution in [1.82, 2.24) is 5.32 Å². The van der Waals surface area contributed by atoms with Gasteiger partial charge in [-0.3, -0.25) is 4.79 Å². The summed E-state index contributed by atoms with van der Waals surface area (Å²) in [5, 5.41) is 3.27.